The van der Waals surface area contributed by atoms with Crippen molar-refractivity contribution in [3.63, 3.8) is 0 Å². The second kappa shape index (κ2) is 4.56. The zero-order valence-corrected chi connectivity index (χ0v) is 10.7. The van der Waals surface area contributed by atoms with Gasteiger partial charge in [-0.05, 0) is 31.9 Å². The zero-order valence-electron chi connectivity index (χ0n) is 10.7. The maximum atomic E-state index is 12.6. The highest BCUT2D eigenvalue weighted by atomic mass is 16.1. The van der Waals surface area contributed by atoms with Gasteiger partial charge in [-0.25, -0.2) is 4.98 Å². The number of aromatic nitrogens is 2. The largest absolute Gasteiger partial charge is 0.293 e. The molecule has 0 saturated heterocycles. The predicted octanol–water partition coefficient (Wildman–Crippen LogP) is 3.21. The van der Waals surface area contributed by atoms with E-state index >= 15 is 0 Å². The van der Waals surface area contributed by atoms with Gasteiger partial charge in [0.2, 0.25) is 0 Å². The van der Waals surface area contributed by atoms with E-state index in [0.717, 1.165) is 29.6 Å². The van der Waals surface area contributed by atoms with Crippen molar-refractivity contribution in [1.82, 2.24) is 9.55 Å². The molecule has 1 aromatic carbocycles. The second-order valence-corrected chi connectivity index (χ2v) is 5.14. The number of benzene rings is 1. The monoisotopic (exact) mass is 242 g/mol. The third-order valence-corrected chi connectivity index (χ3v) is 3.92. The first-order valence-electron chi connectivity index (χ1n) is 6.75. The van der Waals surface area contributed by atoms with E-state index in [4.69, 9.17) is 0 Å². The summed E-state index contributed by atoms with van der Waals surface area (Å²) in [5.74, 6) is 0.852. The van der Waals surface area contributed by atoms with Gasteiger partial charge in [-0.15, -0.1) is 0 Å². The first kappa shape index (κ1) is 11.5. The van der Waals surface area contributed by atoms with E-state index in [1.807, 2.05) is 35.8 Å². The van der Waals surface area contributed by atoms with E-state index in [0.29, 0.717) is 6.04 Å². The summed E-state index contributed by atoms with van der Waals surface area (Å²) in [5, 5.41) is 0.744. The standard InChI is InChI=1S/C15H18N2O/c1-11-16-14-10-6-5-9-13(14)15(18)17(11)12-7-3-2-4-8-12/h5-6,9-10,12H,2-4,7-8H2,1H3. The summed E-state index contributed by atoms with van der Waals surface area (Å²) in [6, 6.07) is 7.98. The Morgan fingerprint density at radius 3 is 2.67 bits per heavy atom. The van der Waals surface area contributed by atoms with Gasteiger partial charge in [0.1, 0.15) is 5.82 Å². The Morgan fingerprint density at radius 2 is 1.89 bits per heavy atom. The molecule has 94 valence electrons. The lowest BCUT2D eigenvalue weighted by atomic mass is 9.95. The number of fused-ring (bicyclic) bond motifs is 1. The Balaban J connectivity index is 2.19. The Morgan fingerprint density at radius 1 is 1.17 bits per heavy atom. The minimum absolute atomic E-state index is 0.130. The van der Waals surface area contributed by atoms with Crippen molar-refractivity contribution in [2.75, 3.05) is 0 Å². The van der Waals surface area contributed by atoms with Crippen molar-refractivity contribution >= 4 is 10.9 Å². The molecule has 3 rings (SSSR count). The molecule has 1 fully saturated rings. The molecule has 1 saturated carbocycles. The van der Waals surface area contributed by atoms with Crippen molar-refractivity contribution in [2.24, 2.45) is 0 Å². The normalized spacial score (nSPS) is 17.2. The third kappa shape index (κ3) is 1.84. The maximum absolute atomic E-state index is 12.6. The molecule has 0 bridgehead atoms. The molecule has 0 spiro atoms. The summed E-state index contributed by atoms with van der Waals surface area (Å²) in [6.07, 6.45) is 5.97. The summed E-state index contributed by atoms with van der Waals surface area (Å²) in [7, 11) is 0. The summed E-state index contributed by atoms with van der Waals surface area (Å²) in [5.41, 5.74) is 0.942. The summed E-state index contributed by atoms with van der Waals surface area (Å²) >= 11 is 0. The summed E-state index contributed by atoms with van der Waals surface area (Å²) in [4.78, 5) is 17.1. The number of para-hydroxylation sites is 1. The van der Waals surface area contributed by atoms with Crippen LogP contribution in [0.1, 0.15) is 44.0 Å². The predicted molar refractivity (Wildman–Crippen MR) is 72.9 cm³/mol. The van der Waals surface area contributed by atoms with Crippen LogP contribution < -0.4 is 5.56 Å². The SMILES string of the molecule is Cc1nc2ccccc2c(=O)n1C1CCCCC1. The molecule has 1 aliphatic carbocycles. The lowest BCUT2D eigenvalue weighted by molar-refractivity contribution is 0.339. The van der Waals surface area contributed by atoms with Crippen LogP contribution in [0.2, 0.25) is 0 Å². The number of rotatable bonds is 1. The van der Waals surface area contributed by atoms with Crippen molar-refractivity contribution in [2.45, 2.75) is 45.1 Å². The highest BCUT2D eigenvalue weighted by Crippen LogP contribution is 2.28. The van der Waals surface area contributed by atoms with E-state index in [9.17, 15) is 4.79 Å². The molecule has 18 heavy (non-hydrogen) atoms. The average molecular weight is 242 g/mol. The summed E-state index contributed by atoms with van der Waals surface area (Å²) in [6.45, 7) is 1.95. The molecule has 1 aromatic heterocycles. The number of nitrogens with zero attached hydrogens (tertiary/aromatic N) is 2. The quantitative estimate of drug-likeness (QED) is 0.769. The maximum Gasteiger partial charge on any atom is 0.261 e. The second-order valence-electron chi connectivity index (χ2n) is 5.14. The minimum Gasteiger partial charge on any atom is -0.293 e. The van der Waals surface area contributed by atoms with Crippen LogP contribution in [0.25, 0.3) is 10.9 Å². The fourth-order valence-electron chi connectivity index (χ4n) is 3.03. The molecular formula is C15H18N2O. The van der Waals surface area contributed by atoms with Crippen LogP contribution in [0.5, 0.6) is 0 Å². The van der Waals surface area contributed by atoms with Gasteiger partial charge in [-0.2, -0.15) is 0 Å². The fourth-order valence-corrected chi connectivity index (χ4v) is 3.03. The van der Waals surface area contributed by atoms with Crippen molar-refractivity contribution in [3.05, 3.63) is 40.4 Å². The lowest BCUT2D eigenvalue weighted by Crippen LogP contribution is -2.29. The molecule has 0 atom stereocenters. The van der Waals surface area contributed by atoms with Gasteiger partial charge in [-0.1, -0.05) is 31.4 Å². The Hall–Kier alpha value is -1.64. The molecule has 0 aliphatic heterocycles. The Kier molecular flexibility index (Phi) is 2.90. The first-order valence-corrected chi connectivity index (χ1v) is 6.75. The number of hydrogen-bond donors (Lipinski definition) is 0. The number of hydrogen-bond acceptors (Lipinski definition) is 2. The van der Waals surface area contributed by atoms with Gasteiger partial charge in [-0.3, -0.25) is 9.36 Å². The Bertz CT molecular complexity index is 624. The topological polar surface area (TPSA) is 34.9 Å². The molecule has 1 heterocycles. The first-order chi connectivity index (χ1) is 8.77. The van der Waals surface area contributed by atoms with Crippen LogP contribution in [0.15, 0.2) is 29.1 Å². The molecule has 0 unspecified atom stereocenters. The van der Waals surface area contributed by atoms with Gasteiger partial charge in [0.05, 0.1) is 10.9 Å². The summed E-state index contributed by atoms with van der Waals surface area (Å²) < 4.78 is 1.92. The van der Waals surface area contributed by atoms with E-state index in [2.05, 4.69) is 4.98 Å². The van der Waals surface area contributed by atoms with Crippen LogP contribution in [-0.4, -0.2) is 9.55 Å². The fraction of sp³-hybridized carbons (Fsp3) is 0.467. The molecule has 3 heteroatoms. The molecular weight excluding hydrogens is 224 g/mol. The molecule has 2 aromatic rings. The van der Waals surface area contributed by atoms with Crippen molar-refractivity contribution in [3.8, 4) is 0 Å². The van der Waals surface area contributed by atoms with Gasteiger partial charge >= 0.3 is 0 Å². The van der Waals surface area contributed by atoms with Crippen LogP contribution in [0.4, 0.5) is 0 Å². The third-order valence-electron chi connectivity index (χ3n) is 3.92. The smallest absolute Gasteiger partial charge is 0.261 e. The van der Waals surface area contributed by atoms with Gasteiger partial charge in [0.25, 0.3) is 5.56 Å². The van der Waals surface area contributed by atoms with E-state index in [1.54, 1.807) is 0 Å². The Labute approximate surface area is 106 Å². The van der Waals surface area contributed by atoms with E-state index < -0.39 is 0 Å². The van der Waals surface area contributed by atoms with Crippen LogP contribution in [0, 0.1) is 6.92 Å². The van der Waals surface area contributed by atoms with Crippen LogP contribution in [0.3, 0.4) is 0 Å². The minimum atomic E-state index is 0.130. The number of aryl methyl sites for hydroxylation is 1. The van der Waals surface area contributed by atoms with E-state index in [1.165, 1.54) is 19.3 Å². The molecule has 0 N–H and O–H groups in total. The molecule has 0 radical (unpaired) electrons. The van der Waals surface area contributed by atoms with Crippen molar-refractivity contribution < 1.29 is 0 Å². The van der Waals surface area contributed by atoms with Gasteiger partial charge in [0, 0.05) is 6.04 Å². The van der Waals surface area contributed by atoms with Crippen molar-refractivity contribution in [1.29, 1.82) is 0 Å². The average Bonchev–Trinajstić information content (AvgIpc) is 2.40. The van der Waals surface area contributed by atoms with Crippen LogP contribution in [-0.2, 0) is 0 Å². The van der Waals surface area contributed by atoms with Crippen LogP contribution >= 0.6 is 0 Å². The van der Waals surface area contributed by atoms with E-state index in [-0.39, 0.29) is 5.56 Å². The molecule has 1 aliphatic rings. The molecule has 3 nitrogen and oxygen atoms in total. The highest BCUT2D eigenvalue weighted by molar-refractivity contribution is 5.77. The van der Waals surface area contributed by atoms with Gasteiger partial charge < -0.3 is 0 Å². The zero-order chi connectivity index (χ0) is 12.5. The van der Waals surface area contributed by atoms with Gasteiger partial charge in [0.15, 0.2) is 0 Å². The highest BCUT2D eigenvalue weighted by Gasteiger charge is 2.19. The molecule has 0 amide bonds. The lowest BCUT2D eigenvalue weighted by Gasteiger charge is -2.25.